The molecule has 0 N–H and O–H groups in total. The van der Waals surface area contributed by atoms with Gasteiger partial charge in [-0.1, -0.05) is 6.08 Å². The van der Waals surface area contributed by atoms with Crippen LogP contribution in [0.4, 0.5) is 4.39 Å². The fraction of sp³-hybridized carbons (Fsp3) is 0.188. The van der Waals surface area contributed by atoms with E-state index in [1.807, 2.05) is 29.9 Å². The summed E-state index contributed by atoms with van der Waals surface area (Å²) >= 11 is 0. The number of hydrogen-bond acceptors (Lipinski definition) is 1. The van der Waals surface area contributed by atoms with Crippen LogP contribution >= 0.6 is 0 Å². The Labute approximate surface area is 117 Å². The maximum Gasteiger partial charge on any atom is 0.254 e. The van der Waals surface area contributed by atoms with Crippen molar-refractivity contribution in [1.29, 1.82) is 0 Å². The molecule has 1 heterocycles. The molecule has 4 heteroatoms. The van der Waals surface area contributed by atoms with Gasteiger partial charge >= 0.3 is 0 Å². The normalized spacial score (nSPS) is 10.3. The molecule has 1 aromatic carbocycles. The van der Waals surface area contributed by atoms with Crippen molar-refractivity contribution in [2.45, 2.75) is 6.54 Å². The van der Waals surface area contributed by atoms with E-state index in [-0.39, 0.29) is 11.7 Å². The van der Waals surface area contributed by atoms with Crippen molar-refractivity contribution in [3.8, 4) is 0 Å². The molecule has 20 heavy (non-hydrogen) atoms. The van der Waals surface area contributed by atoms with E-state index in [4.69, 9.17) is 0 Å². The van der Waals surface area contributed by atoms with Crippen LogP contribution in [-0.4, -0.2) is 21.9 Å². The number of aryl methyl sites for hydroxylation is 1. The van der Waals surface area contributed by atoms with Gasteiger partial charge in [0.15, 0.2) is 0 Å². The number of carbonyl (C=O) groups excluding carboxylic acids is 1. The Morgan fingerprint density at radius 2 is 2.05 bits per heavy atom. The van der Waals surface area contributed by atoms with Crippen molar-refractivity contribution in [3.63, 3.8) is 0 Å². The fourth-order valence-electron chi connectivity index (χ4n) is 2.01. The number of rotatable bonds is 5. The molecule has 1 amide bonds. The summed E-state index contributed by atoms with van der Waals surface area (Å²) in [6.45, 7) is 4.62. The average molecular weight is 272 g/mol. The van der Waals surface area contributed by atoms with Gasteiger partial charge in [-0.15, -0.1) is 6.58 Å². The number of nitrogens with zero attached hydrogens (tertiary/aromatic N) is 2. The van der Waals surface area contributed by atoms with E-state index in [1.54, 1.807) is 11.0 Å². The molecule has 0 atom stereocenters. The largest absolute Gasteiger partial charge is 0.353 e. The minimum atomic E-state index is -0.348. The highest BCUT2D eigenvalue weighted by Gasteiger charge is 2.16. The molecular weight excluding hydrogens is 255 g/mol. The van der Waals surface area contributed by atoms with Crippen molar-refractivity contribution in [2.24, 2.45) is 7.05 Å². The molecule has 0 fully saturated rings. The molecule has 0 aliphatic rings. The first-order valence-electron chi connectivity index (χ1n) is 6.37. The minimum Gasteiger partial charge on any atom is -0.353 e. The third-order valence-corrected chi connectivity index (χ3v) is 3.13. The Bertz CT molecular complexity index is 601. The lowest BCUT2D eigenvalue weighted by Gasteiger charge is -2.21. The number of carbonyl (C=O) groups is 1. The predicted molar refractivity (Wildman–Crippen MR) is 76.8 cm³/mol. The Morgan fingerprint density at radius 3 is 2.60 bits per heavy atom. The lowest BCUT2D eigenvalue weighted by Crippen LogP contribution is -2.31. The average Bonchev–Trinajstić information content (AvgIpc) is 2.84. The lowest BCUT2D eigenvalue weighted by atomic mass is 10.2. The number of halogens is 1. The third-order valence-electron chi connectivity index (χ3n) is 3.13. The summed E-state index contributed by atoms with van der Waals surface area (Å²) in [5.41, 5.74) is 1.50. The van der Waals surface area contributed by atoms with E-state index >= 15 is 0 Å². The predicted octanol–water partition coefficient (Wildman–Crippen LogP) is 2.99. The molecule has 1 aromatic heterocycles. The van der Waals surface area contributed by atoms with Gasteiger partial charge in [0.25, 0.3) is 5.91 Å². The molecule has 3 nitrogen and oxygen atoms in total. The van der Waals surface area contributed by atoms with Gasteiger partial charge in [-0.25, -0.2) is 4.39 Å². The Kier molecular flexibility index (Phi) is 4.35. The second-order valence-corrected chi connectivity index (χ2v) is 4.59. The monoisotopic (exact) mass is 272 g/mol. The van der Waals surface area contributed by atoms with Crippen LogP contribution < -0.4 is 0 Å². The SMILES string of the molecule is C=CCN(Cc1cccn1C)C(=O)c1ccc(F)cc1. The Hall–Kier alpha value is -2.36. The van der Waals surface area contributed by atoms with Gasteiger partial charge in [-0.2, -0.15) is 0 Å². The van der Waals surface area contributed by atoms with E-state index in [0.717, 1.165) is 5.69 Å². The quantitative estimate of drug-likeness (QED) is 0.768. The first-order chi connectivity index (χ1) is 9.61. The Morgan fingerprint density at radius 1 is 1.35 bits per heavy atom. The molecule has 2 rings (SSSR count). The van der Waals surface area contributed by atoms with Gasteiger partial charge in [0.2, 0.25) is 0 Å². The first-order valence-corrected chi connectivity index (χ1v) is 6.37. The number of amides is 1. The smallest absolute Gasteiger partial charge is 0.254 e. The molecule has 0 saturated carbocycles. The summed E-state index contributed by atoms with van der Waals surface area (Å²) in [4.78, 5) is 14.1. The molecule has 0 aliphatic heterocycles. The van der Waals surface area contributed by atoms with Crippen molar-refractivity contribution in [3.05, 3.63) is 72.3 Å². The molecule has 0 bridgehead atoms. The topological polar surface area (TPSA) is 25.2 Å². The van der Waals surface area contributed by atoms with Crippen LogP contribution in [0, 0.1) is 5.82 Å². The summed E-state index contributed by atoms with van der Waals surface area (Å²) in [6.07, 6.45) is 3.62. The maximum absolute atomic E-state index is 12.9. The van der Waals surface area contributed by atoms with E-state index in [1.165, 1.54) is 24.3 Å². The second-order valence-electron chi connectivity index (χ2n) is 4.59. The summed E-state index contributed by atoms with van der Waals surface area (Å²) in [5, 5.41) is 0. The van der Waals surface area contributed by atoms with Gasteiger partial charge in [-0.05, 0) is 36.4 Å². The summed E-state index contributed by atoms with van der Waals surface area (Å²) < 4.78 is 14.9. The lowest BCUT2D eigenvalue weighted by molar-refractivity contribution is 0.0759. The highest BCUT2D eigenvalue weighted by Crippen LogP contribution is 2.11. The maximum atomic E-state index is 12.9. The molecule has 0 unspecified atom stereocenters. The summed E-state index contributed by atoms with van der Waals surface area (Å²) in [5.74, 6) is -0.481. The van der Waals surface area contributed by atoms with Crippen LogP contribution in [0.3, 0.4) is 0 Å². The van der Waals surface area contributed by atoms with E-state index < -0.39 is 0 Å². The highest BCUT2D eigenvalue weighted by molar-refractivity contribution is 5.94. The first kappa shape index (κ1) is 14.1. The molecule has 104 valence electrons. The highest BCUT2D eigenvalue weighted by atomic mass is 19.1. The van der Waals surface area contributed by atoms with Crippen molar-refractivity contribution in [2.75, 3.05) is 6.54 Å². The third kappa shape index (κ3) is 3.15. The molecular formula is C16H17FN2O. The molecule has 0 saturated heterocycles. The van der Waals surface area contributed by atoms with E-state index in [9.17, 15) is 9.18 Å². The summed E-state index contributed by atoms with van der Waals surface area (Å²) in [7, 11) is 1.93. The van der Waals surface area contributed by atoms with E-state index in [0.29, 0.717) is 18.7 Å². The number of hydrogen-bond donors (Lipinski definition) is 0. The van der Waals surface area contributed by atoms with Crippen LogP contribution in [0.25, 0.3) is 0 Å². The van der Waals surface area contributed by atoms with Gasteiger partial charge in [0, 0.05) is 31.0 Å². The molecule has 0 aliphatic carbocycles. The molecule has 0 spiro atoms. The van der Waals surface area contributed by atoms with Crippen molar-refractivity contribution >= 4 is 5.91 Å². The molecule has 0 radical (unpaired) electrons. The van der Waals surface area contributed by atoms with Crippen LogP contribution in [0.1, 0.15) is 16.1 Å². The second kappa shape index (κ2) is 6.19. The zero-order valence-electron chi connectivity index (χ0n) is 11.4. The van der Waals surface area contributed by atoms with Gasteiger partial charge in [0.05, 0.1) is 6.54 Å². The van der Waals surface area contributed by atoms with Crippen LogP contribution in [0.5, 0.6) is 0 Å². The summed E-state index contributed by atoms with van der Waals surface area (Å²) in [6, 6.07) is 9.49. The van der Waals surface area contributed by atoms with E-state index in [2.05, 4.69) is 6.58 Å². The zero-order chi connectivity index (χ0) is 14.5. The van der Waals surface area contributed by atoms with Gasteiger partial charge in [0.1, 0.15) is 5.82 Å². The zero-order valence-corrected chi connectivity index (χ0v) is 11.4. The van der Waals surface area contributed by atoms with Crippen molar-refractivity contribution in [1.82, 2.24) is 9.47 Å². The number of benzene rings is 1. The van der Waals surface area contributed by atoms with Crippen LogP contribution in [-0.2, 0) is 13.6 Å². The van der Waals surface area contributed by atoms with Crippen LogP contribution in [0.2, 0.25) is 0 Å². The van der Waals surface area contributed by atoms with Gasteiger partial charge < -0.3 is 9.47 Å². The number of aromatic nitrogens is 1. The standard InChI is InChI=1S/C16H17FN2O/c1-3-10-19(12-15-5-4-11-18(15)2)16(20)13-6-8-14(17)9-7-13/h3-9,11H,1,10,12H2,2H3. The minimum absolute atomic E-state index is 0.133. The van der Waals surface area contributed by atoms with Gasteiger partial charge in [-0.3, -0.25) is 4.79 Å². The molecule has 2 aromatic rings. The fourth-order valence-corrected chi connectivity index (χ4v) is 2.01. The van der Waals surface area contributed by atoms with Crippen LogP contribution in [0.15, 0.2) is 55.3 Å². The Balaban J connectivity index is 2.19. The van der Waals surface area contributed by atoms with Crippen molar-refractivity contribution < 1.29 is 9.18 Å².